The van der Waals surface area contributed by atoms with E-state index in [2.05, 4.69) is 33.2 Å². The molecule has 1 saturated carbocycles. The third-order valence-electron chi connectivity index (χ3n) is 6.07. The van der Waals surface area contributed by atoms with Crippen molar-refractivity contribution in [1.29, 1.82) is 0 Å². The third-order valence-corrected chi connectivity index (χ3v) is 6.07. The number of hydrazine groups is 1. The van der Waals surface area contributed by atoms with E-state index in [4.69, 9.17) is 9.47 Å². The van der Waals surface area contributed by atoms with Crippen molar-refractivity contribution in [2.75, 3.05) is 39.5 Å². The molecule has 0 amide bonds. The van der Waals surface area contributed by atoms with Gasteiger partial charge in [-0.2, -0.15) is 0 Å². The van der Waals surface area contributed by atoms with Gasteiger partial charge in [0.15, 0.2) is 11.5 Å². The molecule has 3 atom stereocenters. The van der Waals surface area contributed by atoms with Crippen LogP contribution in [0.2, 0.25) is 0 Å². The first-order valence-electron chi connectivity index (χ1n) is 9.69. The Morgan fingerprint density at radius 1 is 1.12 bits per heavy atom. The quantitative estimate of drug-likeness (QED) is 0.722. The Kier molecular flexibility index (Phi) is 4.29. The number of benzene rings is 1. The van der Waals surface area contributed by atoms with Crippen LogP contribution in [0.4, 0.5) is 0 Å². The molecule has 0 aromatic heterocycles. The molecule has 5 rings (SSSR count). The summed E-state index contributed by atoms with van der Waals surface area (Å²) in [5.74, 6) is 3.09. The van der Waals surface area contributed by atoms with E-state index in [9.17, 15) is 0 Å². The summed E-state index contributed by atoms with van der Waals surface area (Å²) in [7, 11) is 0. The molecule has 0 bridgehead atoms. The van der Waals surface area contributed by atoms with E-state index in [-0.39, 0.29) is 0 Å². The molecule has 3 N–H and O–H groups in total. The van der Waals surface area contributed by atoms with Crippen molar-refractivity contribution in [2.45, 2.75) is 31.3 Å². The minimum atomic E-state index is 0.313. The molecule has 3 heterocycles. The molecule has 1 aliphatic carbocycles. The molecule has 1 aromatic carbocycles. The Bertz CT molecular complexity index is 621. The average Bonchev–Trinajstić information content (AvgIpc) is 3.04. The molecule has 6 heteroatoms. The van der Waals surface area contributed by atoms with Crippen LogP contribution in [0.1, 0.15) is 30.9 Å². The largest absolute Gasteiger partial charge is 0.454 e. The van der Waals surface area contributed by atoms with Crippen molar-refractivity contribution >= 4 is 0 Å². The second-order valence-corrected chi connectivity index (χ2v) is 7.91. The highest BCUT2D eigenvalue weighted by molar-refractivity contribution is 5.45. The molecular weight excluding hydrogens is 316 g/mol. The van der Waals surface area contributed by atoms with E-state index in [0.717, 1.165) is 43.1 Å². The van der Waals surface area contributed by atoms with Crippen molar-refractivity contribution < 1.29 is 9.47 Å². The first-order chi connectivity index (χ1) is 12.4. The predicted octanol–water partition coefficient (Wildman–Crippen LogP) is 1.25. The van der Waals surface area contributed by atoms with E-state index in [1.165, 1.54) is 37.9 Å². The lowest BCUT2D eigenvalue weighted by Crippen LogP contribution is -2.33. The van der Waals surface area contributed by atoms with Crippen LogP contribution in [0.3, 0.4) is 0 Å². The fourth-order valence-electron chi connectivity index (χ4n) is 4.46. The summed E-state index contributed by atoms with van der Waals surface area (Å²) in [5, 5.41) is 3.74. The monoisotopic (exact) mass is 344 g/mol. The van der Waals surface area contributed by atoms with Gasteiger partial charge >= 0.3 is 0 Å². The Balaban J connectivity index is 1.14. The first kappa shape index (κ1) is 15.9. The Labute approximate surface area is 149 Å². The maximum Gasteiger partial charge on any atom is 0.231 e. The van der Waals surface area contributed by atoms with Crippen molar-refractivity contribution in [3.05, 3.63) is 23.8 Å². The third kappa shape index (κ3) is 3.36. The normalized spacial score (nSPS) is 31.8. The minimum absolute atomic E-state index is 0.313. The van der Waals surface area contributed by atoms with Gasteiger partial charge in [0, 0.05) is 31.6 Å². The van der Waals surface area contributed by atoms with E-state index in [1.54, 1.807) is 0 Å². The lowest BCUT2D eigenvalue weighted by molar-refractivity contribution is 0.174. The average molecular weight is 344 g/mol. The lowest BCUT2D eigenvalue weighted by atomic mass is 9.94. The fraction of sp³-hybridized carbons (Fsp3) is 0.684. The van der Waals surface area contributed by atoms with Gasteiger partial charge in [0.2, 0.25) is 6.79 Å². The number of fused-ring (bicyclic) bond motifs is 1. The number of nitrogens with one attached hydrogen (secondary N) is 3. The van der Waals surface area contributed by atoms with E-state index in [0.29, 0.717) is 18.8 Å². The number of nitrogens with zero attached hydrogens (tertiary/aromatic N) is 1. The lowest BCUT2D eigenvalue weighted by Gasteiger charge is -2.21. The second-order valence-electron chi connectivity index (χ2n) is 7.91. The van der Waals surface area contributed by atoms with Gasteiger partial charge in [0.25, 0.3) is 0 Å². The highest BCUT2D eigenvalue weighted by Gasteiger charge is 2.34. The molecular formula is C19H28N4O2. The maximum atomic E-state index is 5.53. The molecule has 2 saturated heterocycles. The van der Waals surface area contributed by atoms with Crippen LogP contribution >= 0.6 is 0 Å². The number of ether oxygens (including phenoxy) is 2. The van der Waals surface area contributed by atoms with Crippen molar-refractivity contribution in [3.63, 3.8) is 0 Å². The highest BCUT2D eigenvalue weighted by atomic mass is 16.7. The molecule has 0 radical (unpaired) electrons. The van der Waals surface area contributed by atoms with Crippen LogP contribution in [-0.2, 0) is 0 Å². The molecule has 25 heavy (non-hydrogen) atoms. The van der Waals surface area contributed by atoms with Crippen molar-refractivity contribution in [2.24, 2.45) is 11.8 Å². The fourth-order valence-corrected chi connectivity index (χ4v) is 4.46. The highest BCUT2D eigenvalue weighted by Crippen LogP contribution is 2.36. The Morgan fingerprint density at radius 3 is 2.96 bits per heavy atom. The van der Waals surface area contributed by atoms with Gasteiger partial charge in [0.05, 0.1) is 6.04 Å². The summed E-state index contributed by atoms with van der Waals surface area (Å²) in [6, 6.07) is 7.52. The van der Waals surface area contributed by atoms with Gasteiger partial charge in [-0.1, -0.05) is 6.07 Å². The van der Waals surface area contributed by atoms with Crippen LogP contribution in [0.15, 0.2) is 18.2 Å². The molecule has 136 valence electrons. The summed E-state index contributed by atoms with van der Waals surface area (Å²) in [4.78, 5) is 2.69. The molecule has 0 spiro atoms. The number of hydrogen-bond donors (Lipinski definition) is 3. The Hall–Kier alpha value is -1.34. The van der Waals surface area contributed by atoms with Crippen LogP contribution in [0.5, 0.6) is 11.5 Å². The van der Waals surface area contributed by atoms with Gasteiger partial charge in [-0.05, 0) is 56.0 Å². The summed E-state index contributed by atoms with van der Waals surface area (Å²) >= 11 is 0. The maximum absolute atomic E-state index is 5.53. The number of likely N-dealkylation sites (tertiary alicyclic amines) is 1. The molecule has 3 unspecified atom stereocenters. The zero-order valence-electron chi connectivity index (χ0n) is 14.7. The minimum Gasteiger partial charge on any atom is -0.454 e. The molecule has 1 aromatic rings. The van der Waals surface area contributed by atoms with Crippen LogP contribution in [0, 0.1) is 11.8 Å². The number of hydrogen-bond acceptors (Lipinski definition) is 6. The van der Waals surface area contributed by atoms with Crippen molar-refractivity contribution in [3.8, 4) is 11.5 Å². The van der Waals surface area contributed by atoms with Gasteiger partial charge in [-0.3, -0.25) is 5.43 Å². The van der Waals surface area contributed by atoms with Crippen LogP contribution in [-0.4, -0.2) is 50.5 Å². The van der Waals surface area contributed by atoms with Gasteiger partial charge < -0.3 is 19.7 Å². The summed E-state index contributed by atoms with van der Waals surface area (Å²) < 4.78 is 10.9. The predicted molar refractivity (Wildman–Crippen MR) is 95.5 cm³/mol. The number of rotatable bonds is 6. The SMILES string of the molecule is c1cc2c(cc1C1NNCC1CNCC1CCN(C3CC3)C1)OCO2. The standard InChI is InChI=1S/C19H28N4O2/c1-4-17-18(25-12-24-17)7-14(1)19-15(10-21-22-19)9-20-8-13-5-6-23(11-13)16-2-3-16/h1,4,7,13,15-16,19-22H,2-3,5-6,8-12H2. The van der Waals surface area contributed by atoms with E-state index in [1.807, 2.05) is 6.07 Å². The summed E-state index contributed by atoms with van der Waals surface area (Å²) in [6.07, 6.45) is 4.21. The van der Waals surface area contributed by atoms with Crippen LogP contribution in [0.25, 0.3) is 0 Å². The zero-order valence-corrected chi connectivity index (χ0v) is 14.7. The summed E-state index contributed by atoms with van der Waals surface area (Å²) in [6.45, 7) is 6.12. The smallest absolute Gasteiger partial charge is 0.231 e. The van der Waals surface area contributed by atoms with Gasteiger partial charge in [0.1, 0.15) is 0 Å². The Morgan fingerprint density at radius 2 is 2.04 bits per heavy atom. The van der Waals surface area contributed by atoms with E-state index < -0.39 is 0 Å². The first-order valence-corrected chi connectivity index (χ1v) is 9.69. The topological polar surface area (TPSA) is 57.8 Å². The molecule has 6 nitrogen and oxygen atoms in total. The molecule has 4 aliphatic rings. The zero-order chi connectivity index (χ0) is 16.6. The van der Waals surface area contributed by atoms with E-state index >= 15 is 0 Å². The van der Waals surface area contributed by atoms with Crippen LogP contribution < -0.4 is 25.6 Å². The second kappa shape index (κ2) is 6.76. The van der Waals surface area contributed by atoms with Crippen molar-refractivity contribution in [1.82, 2.24) is 21.1 Å². The molecule has 3 aliphatic heterocycles. The summed E-state index contributed by atoms with van der Waals surface area (Å²) in [5.41, 5.74) is 8.02. The van der Waals surface area contributed by atoms with Gasteiger partial charge in [-0.25, -0.2) is 5.43 Å². The molecule has 3 fully saturated rings. The van der Waals surface area contributed by atoms with Gasteiger partial charge in [-0.15, -0.1) is 0 Å².